The second-order valence-corrected chi connectivity index (χ2v) is 8.07. The molecule has 6 nitrogen and oxygen atoms in total. The lowest BCUT2D eigenvalue weighted by molar-refractivity contribution is 0.0951. The average Bonchev–Trinajstić information content (AvgIpc) is 2.85. The number of anilines is 1. The quantitative estimate of drug-likeness (QED) is 0.599. The molecule has 7 heteroatoms. The molecular formula is C26H27FN4O2. The Kier molecular flexibility index (Phi) is 7.32. The number of benzene rings is 3. The number of rotatable bonds is 6. The lowest BCUT2D eigenvalue weighted by Gasteiger charge is -2.34. The molecule has 1 aliphatic heterocycles. The van der Waals surface area contributed by atoms with Crippen LogP contribution in [0.25, 0.3) is 0 Å². The Morgan fingerprint density at radius 2 is 1.45 bits per heavy atom. The zero-order chi connectivity index (χ0) is 23.0. The zero-order valence-electron chi connectivity index (χ0n) is 18.3. The molecule has 3 aromatic rings. The number of carbonyl (C=O) groups excluding carboxylic acids is 2. The fraction of sp³-hybridized carbons (Fsp3) is 0.231. The van der Waals surface area contributed by atoms with Crippen LogP contribution < -0.4 is 10.6 Å². The summed E-state index contributed by atoms with van der Waals surface area (Å²) < 4.78 is 13.0. The van der Waals surface area contributed by atoms with Gasteiger partial charge in [-0.25, -0.2) is 9.18 Å². The maximum absolute atomic E-state index is 13.0. The van der Waals surface area contributed by atoms with Gasteiger partial charge in [-0.05, 0) is 47.5 Å². The molecule has 3 aromatic carbocycles. The highest BCUT2D eigenvalue weighted by atomic mass is 19.1. The van der Waals surface area contributed by atoms with Crippen molar-refractivity contribution in [2.75, 3.05) is 31.5 Å². The van der Waals surface area contributed by atoms with Crippen LogP contribution in [0.2, 0.25) is 0 Å². The molecule has 0 unspecified atom stereocenters. The molecule has 4 rings (SSSR count). The van der Waals surface area contributed by atoms with Gasteiger partial charge in [-0.1, -0.05) is 42.5 Å². The van der Waals surface area contributed by atoms with E-state index in [1.807, 2.05) is 23.1 Å². The Hall–Kier alpha value is -3.71. The number of nitrogens with one attached hydrogen (secondary N) is 2. The molecule has 170 valence electrons. The summed E-state index contributed by atoms with van der Waals surface area (Å²) in [5, 5.41) is 5.71. The van der Waals surface area contributed by atoms with Crippen molar-refractivity contribution in [3.05, 3.63) is 101 Å². The third-order valence-corrected chi connectivity index (χ3v) is 5.67. The monoisotopic (exact) mass is 446 g/mol. The topological polar surface area (TPSA) is 64.7 Å². The number of amides is 3. The van der Waals surface area contributed by atoms with Crippen LogP contribution >= 0.6 is 0 Å². The molecule has 33 heavy (non-hydrogen) atoms. The van der Waals surface area contributed by atoms with Crippen LogP contribution in [0.4, 0.5) is 14.9 Å². The van der Waals surface area contributed by atoms with E-state index in [9.17, 15) is 14.0 Å². The van der Waals surface area contributed by atoms with E-state index in [2.05, 4.69) is 27.7 Å². The van der Waals surface area contributed by atoms with Crippen molar-refractivity contribution < 1.29 is 14.0 Å². The minimum Gasteiger partial charge on any atom is -0.348 e. The molecule has 0 atom stereocenters. The van der Waals surface area contributed by atoms with Crippen LogP contribution in [0.3, 0.4) is 0 Å². The van der Waals surface area contributed by atoms with Crippen LogP contribution in [-0.2, 0) is 13.1 Å². The highest BCUT2D eigenvalue weighted by Gasteiger charge is 2.21. The maximum Gasteiger partial charge on any atom is 0.321 e. The molecule has 1 saturated heterocycles. The molecule has 3 amide bonds. The molecular weight excluding hydrogens is 419 g/mol. The van der Waals surface area contributed by atoms with E-state index in [-0.39, 0.29) is 17.8 Å². The zero-order valence-corrected chi connectivity index (χ0v) is 18.3. The first kappa shape index (κ1) is 22.5. The van der Waals surface area contributed by atoms with Gasteiger partial charge in [0.05, 0.1) is 0 Å². The van der Waals surface area contributed by atoms with Crippen LogP contribution in [0.1, 0.15) is 21.5 Å². The third kappa shape index (κ3) is 6.40. The summed E-state index contributed by atoms with van der Waals surface area (Å²) in [6, 6.07) is 23.0. The van der Waals surface area contributed by atoms with Gasteiger partial charge in [0.2, 0.25) is 0 Å². The summed E-state index contributed by atoms with van der Waals surface area (Å²) in [7, 11) is 0. The largest absolute Gasteiger partial charge is 0.348 e. The Morgan fingerprint density at radius 3 is 2.12 bits per heavy atom. The van der Waals surface area contributed by atoms with Crippen LogP contribution in [0.15, 0.2) is 78.9 Å². The predicted molar refractivity (Wildman–Crippen MR) is 126 cm³/mol. The fourth-order valence-electron chi connectivity index (χ4n) is 3.74. The summed E-state index contributed by atoms with van der Waals surface area (Å²) in [4.78, 5) is 29.1. The maximum atomic E-state index is 13.0. The van der Waals surface area contributed by atoms with Gasteiger partial charge >= 0.3 is 6.03 Å². The number of piperazine rings is 1. The number of halogens is 1. The van der Waals surface area contributed by atoms with E-state index in [4.69, 9.17) is 0 Å². The van der Waals surface area contributed by atoms with Gasteiger partial charge in [0, 0.05) is 50.5 Å². The molecule has 1 fully saturated rings. The Bertz CT molecular complexity index is 1060. The van der Waals surface area contributed by atoms with Crippen molar-refractivity contribution in [1.82, 2.24) is 15.1 Å². The van der Waals surface area contributed by atoms with Crippen molar-refractivity contribution in [2.45, 2.75) is 13.1 Å². The minimum absolute atomic E-state index is 0.136. The van der Waals surface area contributed by atoms with E-state index in [0.29, 0.717) is 30.9 Å². The molecule has 1 heterocycles. The SMILES string of the molecule is O=C(NCc1ccc(F)cc1)c1ccc(NC(=O)N2CCN(Cc3ccccc3)CC2)cc1. The number of nitrogens with zero attached hydrogens (tertiary/aromatic N) is 2. The Morgan fingerprint density at radius 1 is 0.788 bits per heavy atom. The Labute approximate surface area is 193 Å². The molecule has 1 aliphatic rings. The molecule has 0 spiro atoms. The molecule has 0 bridgehead atoms. The van der Waals surface area contributed by atoms with Crippen LogP contribution in [0.5, 0.6) is 0 Å². The lowest BCUT2D eigenvalue weighted by Crippen LogP contribution is -2.49. The summed E-state index contributed by atoms with van der Waals surface area (Å²) in [6.07, 6.45) is 0. The number of carbonyl (C=O) groups is 2. The van der Waals surface area contributed by atoms with E-state index in [0.717, 1.165) is 25.2 Å². The van der Waals surface area contributed by atoms with E-state index >= 15 is 0 Å². The van der Waals surface area contributed by atoms with Crippen molar-refractivity contribution >= 4 is 17.6 Å². The summed E-state index contributed by atoms with van der Waals surface area (Å²) in [6.45, 7) is 4.20. The average molecular weight is 447 g/mol. The van der Waals surface area contributed by atoms with Crippen LogP contribution in [-0.4, -0.2) is 47.9 Å². The molecule has 2 N–H and O–H groups in total. The fourth-order valence-corrected chi connectivity index (χ4v) is 3.74. The first-order chi connectivity index (χ1) is 16.1. The van der Waals surface area contributed by atoms with Crippen molar-refractivity contribution in [3.63, 3.8) is 0 Å². The summed E-state index contributed by atoms with van der Waals surface area (Å²) in [5.74, 6) is -0.538. The van der Waals surface area contributed by atoms with E-state index in [1.165, 1.54) is 17.7 Å². The first-order valence-electron chi connectivity index (χ1n) is 11.0. The van der Waals surface area contributed by atoms with Gasteiger partial charge in [0.15, 0.2) is 0 Å². The lowest BCUT2D eigenvalue weighted by atomic mass is 10.1. The molecule has 0 radical (unpaired) electrons. The van der Waals surface area contributed by atoms with Crippen LogP contribution in [0, 0.1) is 5.82 Å². The molecule has 0 aromatic heterocycles. The van der Waals surface area contributed by atoms with Gasteiger partial charge in [-0.2, -0.15) is 0 Å². The second-order valence-electron chi connectivity index (χ2n) is 8.07. The van der Waals surface area contributed by atoms with E-state index < -0.39 is 0 Å². The standard InChI is InChI=1S/C26H27FN4O2/c27-23-10-6-20(7-11-23)18-28-25(32)22-8-12-24(13-9-22)29-26(33)31-16-14-30(15-17-31)19-21-4-2-1-3-5-21/h1-13H,14-19H2,(H,28,32)(H,29,33). The molecule has 0 saturated carbocycles. The normalized spacial score (nSPS) is 14.0. The third-order valence-electron chi connectivity index (χ3n) is 5.67. The number of urea groups is 1. The van der Waals surface area contributed by atoms with Gasteiger partial charge in [0.25, 0.3) is 5.91 Å². The minimum atomic E-state index is -0.309. The highest BCUT2D eigenvalue weighted by Crippen LogP contribution is 2.13. The van der Waals surface area contributed by atoms with Crippen molar-refractivity contribution in [3.8, 4) is 0 Å². The number of hydrogen-bond donors (Lipinski definition) is 2. The van der Waals surface area contributed by atoms with Gasteiger partial charge in [-0.15, -0.1) is 0 Å². The van der Waals surface area contributed by atoms with Crippen molar-refractivity contribution in [2.24, 2.45) is 0 Å². The smallest absolute Gasteiger partial charge is 0.321 e. The van der Waals surface area contributed by atoms with E-state index in [1.54, 1.807) is 36.4 Å². The van der Waals surface area contributed by atoms with Crippen molar-refractivity contribution in [1.29, 1.82) is 0 Å². The highest BCUT2D eigenvalue weighted by molar-refractivity contribution is 5.95. The summed E-state index contributed by atoms with van der Waals surface area (Å²) in [5.41, 5.74) is 3.22. The first-order valence-corrected chi connectivity index (χ1v) is 11.0. The predicted octanol–water partition coefficient (Wildman–Crippen LogP) is 4.11. The Balaban J connectivity index is 1.22. The van der Waals surface area contributed by atoms with Gasteiger partial charge in [0.1, 0.15) is 5.82 Å². The van der Waals surface area contributed by atoms with Gasteiger partial charge in [-0.3, -0.25) is 9.69 Å². The summed E-state index contributed by atoms with van der Waals surface area (Å²) >= 11 is 0. The van der Waals surface area contributed by atoms with Gasteiger partial charge < -0.3 is 15.5 Å². The molecule has 0 aliphatic carbocycles. The second kappa shape index (κ2) is 10.7. The number of hydrogen-bond acceptors (Lipinski definition) is 3.